The SMILES string of the molecule is CC#C[C@H]1CN(C(=O)OCc2ccccc2)CCN1c1ncc(Br)cn1. The Kier molecular flexibility index (Phi) is 6.08. The maximum atomic E-state index is 12.4. The molecule has 0 radical (unpaired) electrons. The number of benzene rings is 1. The fourth-order valence-corrected chi connectivity index (χ4v) is 2.95. The van der Waals surface area contributed by atoms with Crippen LogP contribution in [-0.2, 0) is 11.3 Å². The molecule has 7 heteroatoms. The predicted octanol–water partition coefficient (Wildman–Crippen LogP) is 3.09. The van der Waals surface area contributed by atoms with E-state index in [-0.39, 0.29) is 18.7 Å². The fraction of sp³-hybridized carbons (Fsp3) is 0.316. The first-order chi connectivity index (χ1) is 12.7. The molecule has 134 valence electrons. The minimum atomic E-state index is -0.326. The number of halogens is 1. The summed E-state index contributed by atoms with van der Waals surface area (Å²) in [5, 5.41) is 0. The summed E-state index contributed by atoms with van der Waals surface area (Å²) in [6.45, 7) is 3.64. The number of amides is 1. The number of hydrogen-bond donors (Lipinski definition) is 0. The molecule has 0 N–H and O–H groups in total. The van der Waals surface area contributed by atoms with Crippen LogP contribution in [-0.4, -0.2) is 46.6 Å². The first-order valence-electron chi connectivity index (χ1n) is 8.29. The van der Waals surface area contributed by atoms with Gasteiger partial charge in [0.1, 0.15) is 12.6 Å². The second-order valence-electron chi connectivity index (χ2n) is 5.79. The van der Waals surface area contributed by atoms with Gasteiger partial charge in [-0.3, -0.25) is 0 Å². The van der Waals surface area contributed by atoms with Crippen LogP contribution in [0, 0.1) is 11.8 Å². The molecule has 1 aromatic heterocycles. The quantitative estimate of drug-likeness (QED) is 0.722. The van der Waals surface area contributed by atoms with E-state index >= 15 is 0 Å². The van der Waals surface area contributed by atoms with Crippen molar-refractivity contribution in [2.24, 2.45) is 0 Å². The lowest BCUT2D eigenvalue weighted by Gasteiger charge is -2.38. The molecule has 1 aromatic carbocycles. The van der Waals surface area contributed by atoms with Gasteiger partial charge in [0.15, 0.2) is 0 Å². The van der Waals surface area contributed by atoms with E-state index in [4.69, 9.17) is 4.74 Å². The van der Waals surface area contributed by atoms with Crippen molar-refractivity contribution in [2.75, 3.05) is 24.5 Å². The van der Waals surface area contributed by atoms with E-state index in [1.165, 1.54) is 0 Å². The van der Waals surface area contributed by atoms with Gasteiger partial charge in [0, 0.05) is 25.5 Å². The third-order valence-electron chi connectivity index (χ3n) is 4.02. The summed E-state index contributed by atoms with van der Waals surface area (Å²) in [6, 6.07) is 9.48. The van der Waals surface area contributed by atoms with Crippen molar-refractivity contribution in [3.05, 3.63) is 52.8 Å². The number of ether oxygens (including phenoxy) is 1. The molecular weight excluding hydrogens is 396 g/mol. The normalized spacial score (nSPS) is 16.6. The molecule has 0 spiro atoms. The summed E-state index contributed by atoms with van der Waals surface area (Å²) in [7, 11) is 0. The van der Waals surface area contributed by atoms with Gasteiger partial charge in [-0.15, -0.1) is 5.92 Å². The zero-order valence-corrected chi connectivity index (χ0v) is 16.0. The lowest BCUT2D eigenvalue weighted by Crippen LogP contribution is -2.55. The molecule has 0 saturated carbocycles. The largest absolute Gasteiger partial charge is 0.445 e. The molecular formula is C19H19BrN4O2. The van der Waals surface area contributed by atoms with Crippen LogP contribution in [0.4, 0.5) is 10.7 Å². The molecule has 1 aliphatic heterocycles. The Morgan fingerprint density at radius 2 is 2.00 bits per heavy atom. The average molecular weight is 415 g/mol. The predicted molar refractivity (Wildman–Crippen MR) is 103 cm³/mol. The van der Waals surface area contributed by atoms with Gasteiger partial charge in [0.25, 0.3) is 0 Å². The third kappa shape index (κ3) is 4.52. The van der Waals surface area contributed by atoms with Crippen molar-refractivity contribution in [3.63, 3.8) is 0 Å². The lowest BCUT2D eigenvalue weighted by atomic mass is 10.2. The molecule has 6 nitrogen and oxygen atoms in total. The van der Waals surface area contributed by atoms with Gasteiger partial charge in [0.2, 0.25) is 5.95 Å². The van der Waals surface area contributed by atoms with E-state index in [1.54, 1.807) is 24.2 Å². The number of carbonyl (C=O) groups is 1. The van der Waals surface area contributed by atoms with E-state index in [0.717, 1.165) is 10.0 Å². The van der Waals surface area contributed by atoms with Gasteiger partial charge >= 0.3 is 6.09 Å². The molecule has 1 atom stereocenters. The van der Waals surface area contributed by atoms with Crippen molar-refractivity contribution in [2.45, 2.75) is 19.6 Å². The molecule has 1 fully saturated rings. The number of hydrogen-bond acceptors (Lipinski definition) is 5. The molecule has 0 unspecified atom stereocenters. The zero-order valence-electron chi connectivity index (χ0n) is 14.4. The van der Waals surface area contributed by atoms with E-state index in [1.807, 2.05) is 35.2 Å². The van der Waals surface area contributed by atoms with E-state index < -0.39 is 0 Å². The maximum Gasteiger partial charge on any atom is 0.410 e. The monoisotopic (exact) mass is 414 g/mol. The highest BCUT2D eigenvalue weighted by atomic mass is 79.9. The fourth-order valence-electron chi connectivity index (χ4n) is 2.74. The molecule has 3 rings (SSSR count). The Balaban J connectivity index is 1.64. The molecule has 26 heavy (non-hydrogen) atoms. The number of piperazine rings is 1. The Morgan fingerprint density at radius 1 is 1.27 bits per heavy atom. The summed E-state index contributed by atoms with van der Waals surface area (Å²) < 4.78 is 6.26. The summed E-state index contributed by atoms with van der Waals surface area (Å²) in [5.74, 6) is 6.68. The molecule has 1 amide bonds. The lowest BCUT2D eigenvalue weighted by molar-refractivity contribution is 0.0914. The Morgan fingerprint density at radius 3 is 2.69 bits per heavy atom. The van der Waals surface area contributed by atoms with Crippen LogP contribution >= 0.6 is 15.9 Å². The van der Waals surface area contributed by atoms with Gasteiger partial charge in [-0.2, -0.15) is 0 Å². The zero-order chi connectivity index (χ0) is 18.4. The molecule has 2 heterocycles. The summed E-state index contributed by atoms with van der Waals surface area (Å²) >= 11 is 3.34. The minimum Gasteiger partial charge on any atom is -0.445 e. The van der Waals surface area contributed by atoms with Crippen molar-refractivity contribution in [3.8, 4) is 11.8 Å². The highest BCUT2D eigenvalue weighted by Crippen LogP contribution is 2.18. The number of carbonyl (C=O) groups excluding carboxylic acids is 1. The van der Waals surface area contributed by atoms with Crippen LogP contribution in [0.2, 0.25) is 0 Å². The van der Waals surface area contributed by atoms with E-state index in [2.05, 4.69) is 37.7 Å². The summed E-state index contributed by atoms with van der Waals surface area (Å²) in [6.07, 6.45) is 3.09. The summed E-state index contributed by atoms with van der Waals surface area (Å²) in [4.78, 5) is 24.8. The van der Waals surface area contributed by atoms with Gasteiger partial charge in [-0.25, -0.2) is 14.8 Å². The van der Waals surface area contributed by atoms with Crippen molar-refractivity contribution >= 4 is 28.0 Å². The van der Waals surface area contributed by atoms with Crippen LogP contribution in [0.3, 0.4) is 0 Å². The van der Waals surface area contributed by atoms with Gasteiger partial charge < -0.3 is 14.5 Å². The second-order valence-corrected chi connectivity index (χ2v) is 6.71. The molecule has 1 aliphatic rings. The topological polar surface area (TPSA) is 58.6 Å². The number of aromatic nitrogens is 2. The minimum absolute atomic E-state index is 0.167. The molecule has 1 saturated heterocycles. The van der Waals surface area contributed by atoms with E-state index in [0.29, 0.717) is 25.6 Å². The average Bonchev–Trinajstić information content (AvgIpc) is 2.68. The van der Waals surface area contributed by atoms with E-state index in [9.17, 15) is 4.79 Å². The molecule has 0 aliphatic carbocycles. The first-order valence-corrected chi connectivity index (χ1v) is 9.09. The second kappa shape index (κ2) is 8.68. The van der Waals surface area contributed by atoms with Crippen LogP contribution < -0.4 is 4.90 Å². The maximum absolute atomic E-state index is 12.4. The number of nitrogens with zero attached hydrogens (tertiary/aromatic N) is 4. The van der Waals surface area contributed by atoms with Crippen molar-refractivity contribution < 1.29 is 9.53 Å². The van der Waals surface area contributed by atoms with Gasteiger partial charge in [-0.05, 0) is 28.4 Å². The highest BCUT2D eigenvalue weighted by molar-refractivity contribution is 9.10. The highest BCUT2D eigenvalue weighted by Gasteiger charge is 2.30. The standard InChI is InChI=1S/C19H19BrN4O2/c1-2-6-17-13-23(19(25)26-14-15-7-4-3-5-8-15)9-10-24(17)18-21-11-16(20)12-22-18/h3-5,7-8,11-12,17H,9-10,13-14H2,1H3/t17-/m0/s1. The third-order valence-corrected chi connectivity index (χ3v) is 4.43. The van der Waals surface area contributed by atoms with Crippen LogP contribution in [0.5, 0.6) is 0 Å². The van der Waals surface area contributed by atoms with Crippen LogP contribution in [0.15, 0.2) is 47.2 Å². The molecule has 0 bridgehead atoms. The van der Waals surface area contributed by atoms with Crippen molar-refractivity contribution in [1.82, 2.24) is 14.9 Å². The number of anilines is 1. The molecule has 2 aromatic rings. The van der Waals surface area contributed by atoms with Crippen LogP contribution in [0.1, 0.15) is 12.5 Å². The van der Waals surface area contributed by atoms with Gasteiger partial charge in [0.05, 0.1) is 11.0 Å². The van der Waals surface area contributed by atoms with Crippen LogP contribution in [0.25, 0.3) is 0 Å². The smallest absolute Gasteiger partial charge is 0.410 e. The first kappa shape index (κ1) is 18.2. The summed E-state index contributed by atoms with van der Waals surface area (Å²) in [5.41, 5.74) is 0.965. The Hall–Kier alpha value is -2.59. The van der Waals surface area contributed by atoms with Crippen molar-refractivity contribution in [1.29, 1.82) is 0 Å². The number of rotatable bonds is 3. The van der Waals surface area contributed by atoms with Gasteiger partial charge in [-0.1, -0.05) is 36.3 Å². The Labute approximate surface area is 161 Å². The Bertz CT molecular complexity index is 802.